The van der Waals surface area contributed by atoms with Crippen LogP contribution in [0.5, 0.6) is 0 Å². The molecule has 1 aromatic carbocycles. The van der Waals surface area contributed by atoms with Gasteiger partial charge in [0.1, 0.15) is 0 Å². The molecule has 1 aromatic heterocycles. The summed E-state index contributed by atoms with van der Waals surface area (Å²) >= 11 is 1.32. The maximum absolute atomic E-state index is 11.1. The molecule has 0 aliphatic heterocycles. The molecule has 0 fully saturated rings. The van der Waals surface area contributed by atoms with Gasteiger partial charge >= 0.3 is 5.97 Å². The quantitative estimate of drug-likeness (QED) is 0.667. The van der Waals surface area contributed by atoms with Gasteiger partial charge in [-0.25, -0.2) is 14.8 Å². The predicted molar refractivity (Wildman–Crippen MR) is 78.2 cm³/mol. The van der Waals surface area contributed by atoms with Crippen molar-refractivity contribution in [1.29, 1.82) is 0 Å². The molecule has 0 bridgehead atoms. The number of aryl methyl sites for hydroxylation is 2. The van der Waals surface area contributed by atoms with Gasteiger partial charge in [0.05, 0.1) is 5.56 Å². The fraction of sp³-hybridized carbons (Fsp3) is 0.214. The molecule has 104 valence electrons. The molecule has 2 aromatic rings. The zero-order valence-electron chi connectivity index (χ0n) is 11.5. The highest BCUT2D eigenvalue weighted by atomic mass is 32.2. The molecule has 0 amide bonds. The van der Waals surface area contributed by atoms with E-state index in [0.717, 1.165) is 21.8 Å². The zero-order valence-corrected chi connectivity index (χ0v) is 12.3. The molecule has 0 saturated carbocycles. The highest BCUT2D eigenvalue weighted by Crippen LogP contribution is 2.28. The SMILES string of the molecule is Cc1nc(Sc2ccc(N)c(C(=O)O)c2)nc(C)c1C. The number of rotatable bonds is 3. The second-order valence-corrected chi connectivity index (χ2v) is 5.50. The Balaban J connectivity index is 2.35. The van der Waals surface area contributed by atoms with Gasteiger partial charge < -0.3 is 10.8 Å². The highest BCUT2D eigenvalue weighted by molar-refractivity contribution is 7.99. The van der Waals surface area contributed by atoms with Crippen LogP contribution in [-0.2, 0) is 0 Å². The number of aromatic nitrogens is 2. The summed E-state index contributed by atoms with van der Waals surface area (Å²) < 4.78 is 0. The van der Waals surface area contributed by atoms with Crippen molar-refractivity contribution in [3.05, 3.63) is 40.7 Å². The normalized spacial score (nSPS) is 10.6. The minimum atomic E-state index is -1.04. The van der Waals surface area contributed by atoms with E-state index in [1.165, 1.54) is 17.8 Å². The lowest BCUT2D eigenvalue weighted by Gasteiger charge is -2.08. The third kappa shape index (κ3) is 2.91. The lowest BCUT2D eigenvalue weighted by Crippen LogP contribution is -2.02. The monoisotopic (exact) mass is 289 g/mol. The molecule has 0 radical (unpaired) electrons. The van der Waals surface area contributed by atoms with Gasteiger partial charge in [-0.3, -0.25) is 0 Å². The lowest BCUT2D eigenvalue weighted by atomic mass is 10.2. The van der Waals surface area contributed by atoms with Crippen LogP contribution in [0, 0.1) is 20.8 Å². The molecule has 1 heterocycles. The van der Waals surface area contributed by atoms with Crippen molar-refractivity contribution < 1.29 is 9.90 Å². The van der Waals surface area contributed by atoms with Crippen LogP contribution in [0.25, 0.3) is 0 Å². The Bertz CT molecular complexity index is 663. The molecule has 0 aliphatic rings. The summed E-state index contributed by atoms with van der Waals surface area (Å²) in [5.74, 6) is -1.04. The summed E-state index contributed by atoms with van der Waals surface area (Å²) in [4.78, 5) is 20.6. The summed E-state index contributed by atoms with van der Waals surface area (Å²) in [5.41, 5.74) is 8.89. The van der Waals surface area contributed by atoms with Crippen LogP contribution in [0.15, 0.2) is 28.3 Å². The summed E-state index contributed by atoms with van der Waals surface area (Å²) in [6.45, 7) is 5.84. The van der Waals surface area contributed by atoms with Gasteiger partial charge in [-0.15, -0.1) is 0 Å². The maximum atomic E-state index is 11.1. The number of nitrogen functional groups attached to an aromatic ring is 1. The summed E-state index contributed by atoms with van der Waals surface area (Å²) in [6, 6.07) is 4.89. The molecule has 0 unspecified atom stereocenters. The van der Waals surface area contributed by atoms with Crippen molar-refractivity contribution in [2.75, 3.05) is 5.73 Å². The molecule has 5 nitrogen and oxygen atoms in total. The number of nitrogens with two attached hydrogens (primary N) is 1. The summed E-state index contributed by atoms with van der Waals surface area (Å²) in [5, 5.41) is 9.66. The number of hydrogen-bond acceptors (Lipinski definition) is 5. The molecular formula is C14H15N3O2S. The van der Waals surface area contributed by atoms with E-state index in [2.05, 4.69) is 9.97 Å². The second kappa shape index (κ2) is 5.50. The van der Waals surface area contributed by atoms with Crippen LogP contribution in [-0.4, -0.2) is 21.0 Å². The molecule has 0 spiro atoms. The standard InChI is InChI=1S/C14H15N3O2S/c1-7-8(2)16-14(17-9(7)3)20-10-4-5-12(15)11(6-10)13(18)19/h4-6H,15H2,1-3H3,(H,18,19). The van der Waals surface area contributed by atoms with Gasteiger partial charge in [0.15, 0.2) is 5.16 Å². The van der Waals surface area contributed by atoms with Gasteiger partial charge in [0.25, 0.3) is 0 Å². The third-order valence-electron chi connectivity index (χ3n) is 3.08. The van der Waals surface area contributed by atoms with Gasteiger partial charge in [0, 0.05) is 22.0 Å². The fourth-order valence-electron chi connectivity index (χ4n) is 1.68. The van der Waals surface area contributed by atoms with E-state index in [1.54, 1.807) is 12.1 Å². The van der Waals surface area contributed by atoms with Crippen LogP contribution in [0.4, 0.5) is 5.69 Å². The van der Waals surface area contributed by atoms with Gasteiger partial charge in [-0.2, -0.15) is 0 Å². The van der Waals surface area contributed by atoms with Crippen molar-refractivity contribution >= 4 is 23.4 Å². The topological polar surface area (TPSA) is 89.1 Å². The Kier molecular flexibility index (Phi) is 3.94. The van der Waals surface area contributed by atoms with E-state index in [0.29, 0.717) is 5.16 Å². The number of nitrogens with zero attached hydrogens (tertiary/aromatic N) is 2. The molecule has 6 heteroatoms. The first-order chi connectivity index (χ1) is 9.38. The van der Waals surface area contributed by atoms with Crippen LogP contribution in [0.2, 0.25) is 0 Å². The number of benzene rings is 1. The van der Waals surface area contributed by atoms with Crippen molar-refractivity contribution in [2.24, 2.45) is 0 Å². The lowest BCUT2D eigenvalue weighted by molar-refractivity contribution is 0.0698. The van der Waals surface area contributed by atoms with E-state index in [9.17, 15) is 4.79 Å². The molecule has 0 atom stereocenters. The zero-order chi connectivity index (χ0) is 14.9. The first kappa shape index (κ1) is 14.3. The predicted octanol–water partition coefficient (Wildman–Crippen LogP) is 2.83. The first-order valence-electron chi connectivity index (χ1n) is 6.01. The Morgan fingerprint density at radius 1 is 1.20 bits per heavy atom. The number of anilines is 1. The molecular weight excluding hydrogens is 274 g/mol. The highest BCUT2D eigenvalue weighted by Gasteiger charge is 2.11. The van der Waals surface area contributed by atoms with Crippen molar-refractivity contribution in [1.82, 2.24) is 9.97 Å². The average molecular weight is 289 g/mol. The second-order valence-electron chi connectivity index (χ2n) is 4.46. The number of carbonyl (C=O) groups is 1. The smallest absolute Gasteiger partial charge is 0.337 e. The van der Waals surface area contributed by atoms with Crippen molar-refractivity contribution in [2.45, 2.75) is 30.8 Å². The van der Waals surface area contributed by atoms with E-state index < -0.39 is 5.97 Å². The molecule has 3 N–H and O–H groups in total. The van der Waals surface area contributed by atoms with Crippen LogP contribution >= 0.6 is 11.8 Å². The van der Waals surface area contributed by atoms with Gasteiger partial charge in [-0.1, -0.05) is 0 Å². The minimum absolute atomic E-state index is 0.0931. The van der Waals surface area contributed by atoms with Gasteiger partial charge in [-0.05, 0) is 56.3 Å². The molecule has 0 aliphatic carbocycles. The number of carboxylic acid groups (broad SMARTS) is 1. The Hall–Kier alpha value is -2.08. The fourth-order valence-corrected chi connectivity index (χ4v) is 2.57. The van der Waals surface area contributed by atoms with Crippen LogP contribution in [0.1, 0.15) is 27.3 Å². The molecule has 20 heavy (non-hydrogen) atoms. The summed E-state index contributed by atoms with van der Waals surface area (Å²) in [7, 11) is 0. The Morgan fingerprint density at radius 3 is 2.35 bits per heavy atom. The van der Waals surface area contributed by atoms with E-state index in [4.69, 9.17) is 10.8 Å². The summed E-state index contributed by atoms with van der Waals surface area (Å²) in [6.07, 6.45) is 0. The average Bonchev–Trinajstić information content (AvgIpc) is 2.38. The Morgan fingerprint density at radius 2 is 1.80 bits per heavy atom. The number of carboxylic acids is 1. The number of hydrogen-bond donors (Lipinski definition) is 2. The van der Waals surface area contributed by atoms with Gasteiger partial charge in [0.2, 0.25) is 0 Å². The molecule has 0 saturated heterocycles. The van der Waals surface area contributed by atoms with Crippen molar-refractivity contribution in [3.63, 3.8) is 0 Å². The number of aromatic carboxylic acids is 1. The maximum Gasteiger partial charge on any atom is 0.337 e. The molecule has 2 rings (SSSR count). The Labute approximate surface area is 121 Å². The largest absolute Gasteiger partial charge is 0.478 e. The minimum Gasteiger partial charge on any atom is -0.478 e. The third-order valence-corrected chi connectivity index (χ3v) is 3.93. The first-order valence-corrected chi connectivity index (χ1v) is 6.82. The van der Waals surface area contributed by atoms with E-state index >= 15 is 0 Å². The van der Waals surface area contributed by atoms with E-state index in [-0.39, 0.29) is 11.3 Å². The van der Waals surface area contributed by atoms with E-state index in [1.807, 2.05) is 20.8 Å². The van der Waals surface area contributed by atoms with Crippen molar-refractivity contribution in [3.8, 4) is 0 Å². The van der Waals surface area contributed by atoms with Crippen LogP contribution in [0.3, 0.4) is 0 Å². The van der Waals surface area contributed by atoms with Crippen LogP contribution < -0.4 is 5.73 Å².